The van der Waals surface area contributed by atoms with E-state index in [0.29, 0.717) is 17.9 Å². The summed E-state index contributed by atoms with van der Waals surface area (Å²) in [7, 11) is 0. The highest BCUT2D eigenvalue weighted by Crippen LogP contribution is 2.46. The summed E-state index contributed by atoms with van der Waals surface area (Å²) in [4.78, 5) is 15.4. The van der Waals surface area contributed by atoms with Gasteiger partial charge >= 0.3 is 0 Å². The highest BCUT2D eigenvalue weighted by Gasteiger charge is 2.49. The minimum Gasteiger partial charge on any atom is -0.331 e. The molecule has 2 heterocycles. The second-order valence-electron chi connectivity index (χ2n) is 6.73. The van der Waals surface area contributed by atoms with Gasteiger partial charge in [-0.25, -0.2) is 0 Å². The predicted octanol–water partition coefficient (Wildman–Crippen LogP) is 4.27. The quantitative estimate of drug-likeness (QED) is 0.813. The zero-order valence-electron chi connectivity index (χ0n) is 13.2. The van der Waals surface area contributed by atoms with Crippen molar-refractivity contribution in [1.82, 2.24) is 4.90 Å². The number of carbonyl (C=O) groups is 1. The number of amides is 1. The third-order valence-corrected chi connectivity index (χ3v) is 6.76. The van der Waals surface area contributed by atoms with Crippen molar-refractivity contribution < 1.29 is 4.79 Å². The molecule has 3 rings (SSSR count). The van der Waals surface area contributed by atoms with Crippen LogP contribution in [0.4, 0.5) is 0 Å². The van der Waals surface area contributed by atoms with Gasteiger partial charge in [0.15, 0.2) is 0 Å². The number of hydrogen-bond donors (Lipinski definition) is 0. The van der Waals surface area contributed by atoms with Crippen LogP contribution in [0.3, 0.4) is 0 Å². The van der Waals surface area contributed by atoms with Gasteiger partial charge in [-0.15, -0.1) is 11.8 Å². The Kier molecular flexibility index (Phi) is 4.04. The Balaban J connectivity index is 1.97. The van der Waals surface area contributed by atoms with Gasteiger partial charge in [-0.2, -0.15) is 0 Å². The van der Waals surface area contributed by atoms with E-state index in [1.807, 2.05) is 0 Å². The predicted molar refractivity (Wildman–Crippen MR) is 89.4 cm³/mol. The third kappa shape index (κ3) is 2.50. The van der Waals surface area contributed by atoms with E-state index in [9.17, 15) is 4.79 Å². The number of rotatable bonds is 2. The van der Waals surface area contributed by atoms with Crippen molar-refractivity contribution in [3.8, 4) is 0 Å². The van der Waals surface area contributed by atoms with Gasteiger partial charge in [0, 0.05) is 6.04 Å². The minimum absolute atomic E-state index is 0.236. The molecule has 4 atom stereocenters. The van der Waals surface area contributed by atoms with E-state index < -0.39 is 0 Å². The highest BCUT2D eigenvalue weighted by atomic mass is 32.2. The molecule has 114 valence electrons. The van der Waals surface area contributed by atoms with Crippen LogP contribution in [-0.2, 0) is 4.79 Å². The van der Waals surface area contributed by atoms with E-state index in [-0.39, 0.29) is 10.8 Å². The van der Waals surface area contributed by atoms with Gasteiger partial charge in [-0.1, -0.05) is 37.3 Å². The molecule has 1 amide bonds. The average molecular weight is 303 g/mol. The molecule has 1 aromatic rings. The lowest BCUT2D eigenvalue weighted by molar-refractivity contribution is -0.147. The second kappa shape index (κ2) is 5.68. The number of thioether (sulfide) groups is 1. The monoisotopic (exact) mass is 303 g/mol. The molecule has 21 heavy (non-hydrogen) atoms. The van der Waals surface area contributed by atoms with Crippen LogP contribution in [-0.4, -0.2) is 27.9 Å². The van der Waals surface area contributed by atoms with Crippen LogP contribution in [0.1, 0.15) is 51.1 Å². The van der Waals surface area contributed by atoms with Crippen molar-refractivity contribution in [3.63, 3.8) is 0 Å². The van der Waals surface area contributed by atoms with E-state index >= 15 is 0 Å². The first-order valence-corrected chi connectivity index (χ1v) is 9.22. The van der Waals surface area contributed by atoms with E-state index in [1.165, 1.54) is 12.0 Å². The molecule has 0 spiro atoms. The van der Waals surface area contributed by atoms with Gasteiger partial charge in [0.2, 0.25) is 5.91 Å². The summed E-state index contributed by atoms with van der Waals surface area (Å²) in [6.45, 7) is 4.44. The molecular formula is C18H25NOS. The van der Waals surface area contributed by atoms with E-state index in [0.717, 1.165) is 19.3 Å². The Morgan fingerprint density at radius 1 is 1.19 bits per heavy atom. The summed E-state index contributed by atoms with van der Waals surface area (Å²) in [6.07, 6.45) is 6.55. The molecule has 0 N–H and O–H groups in total. The standard InChI is InChI=1S/C18H25NOS/c1-13-9-10-16(14-7-5-4-6-8-14)19-15(13)11-12-18(2,21-3)17(19)20/h4-8,13,15-16H,9-12H2,1-3H3/t13-,15-,16+,18+/m1/s1. The maximum Gasteiger partial charge on any atom is 0.239 e. The van der Waals surface area contributed by atoms with Crippen LogP contribution in [0.25, 0.3) is 0 Å². The maximum atomic E-state index is 13.1. The largest absolute Gasteiger partial charge is 0.331 e. The topological polar surface area (TPSA) is 20.3 Å². The second-order valence-corrected chi connectivity index (χ2v) is 8.04. The van der Waals surface area contributed by atoms with Gasteiger partial charge in [-0.05, 0) is 50.3 Å². The highest BCUT2D eigenvalue weighted by molar-refractivity contribution is 8.00. The van der Waals surface area contributed by atoms with Crippen molar-refractivity contribution in [1.29, 1.82) is 0 Å². The summed E-state index contributed by atoms with van der Waals surface area (Å²) >= 11 is 1.72. The summed E-state index contributed by atoms with van der Waals surface area (Å²) in [5.74, 6) is 0.979. The Labute approximate surface area is 132 Å². The molecule has 0 bridgehead atoms. The lowest BCUT2D eigenvalue weighted by Gasteiger charge is -2.52. The molecule has 2 aliphatic rings. The average Bonchev–Trinajstić information content (AvgIpc) is 2.52. The molecule has 0 unspecified atom stereocenters. The zero-order chi connectivity index (χ0) is 15.0. The van der Waals surface area contributed by atoms with E-state index in [2.05, 4.69) is 55.3 Å². The van der Waals surface area contributed by atoms with Crippen molar-refractivity contribution in [3.05, 3.63) is 35.9 Å². The number of nitrogens with zero attached hydrogens (tertiary/aromatic N) is 1. The van der Waals surface area contributed by atoms with Crippen LogP contribution in [0.5, 0.6) is 0 Å². The third-order valence-electron chi connectivity index (χ3n) is 5.48. The number of fused-ring (bicyclic) bond motifs is 1. The smallest absolute Gasteiger partial charge is 0.239 e. The Hall–Kier alpha value is -0.960. The Morgan fingerprint density at radius 3 is 2.57 bits per heavy atom. The molecule has 2 nitrogen and oxygen atoms in total. The first kappa shape index (κ1) is 15.0. The fraction of sp³-hybridized carbons (Fsp3) is 0.611. The molecule has 0 radical (unpaired) electrons. The van der Waals surface area contributed by atoms with E-state index in [1.54, 1.807) is 11.8 Å². The van der Waals surface area contributed by atoms with Gasteiger partial charge < -0.3 is 4.90 Å². The molecule has 0 aliphatic carbocycles. The van der Waals surface area contributed by atoms with Gasteiger partial charge in [-0.3, -0.25) is 4.79 Å². The molecular weight excluding hydrogens is 278 g/mol. The minimum atomic E-state index is -0.236. The normalized spacial score (nSPS) is 36.4. The van der Waals surface area contributed by atoms with Crippen molar-refractivity contribution in [2.75, 3.05) is 6.26 Å². The zero-order valence-corrected chi connectivity index (χ0v) is 14.0. The first-order valence-electron chi connectivity index (χ1n) is 7.99. The van der Waals surface area contributed by atoms with Crippen LogP contribution in [0.2, 0.25) is 0 Å². The summed E-state index contributed by atoms with van der Waals surface area (Å²) in [5.41, 5.74) is 1.30. The van der Waals surface area contributed by atoms with Crippen LogP contribution >= 0.6 is 11.8 Å². The SMILES string of the molecule is CS[C@@]1(C)CC[C@@H]2[C@H](C)CC[C@@H](c3ccccc3)N2C1=O. The van der Waals surface area contributed by atoms with Gasteiger partial charge in [0.1, 0.15) is 0 Å². The fourth-order valence-electron chi connectivity index (χ4n) is 3.97. The molecule has 1 aromatic carbocycles. The molecule has 2 saturated heterocycles. The van der Waals surface area contributed by atoms with Crippen molar-refractivity contribution >= 4 is 17.7 Å². The Bertz CT molecular complexity index is 517. The molecule has 2 aliphatic heterocycles. The number of piperidine rings is 2. The molecule has 0 saturated carbocycles. The van der Waals surface area contributed by atoms with Crippen LogP contribution < -0.4 is 0 Å². The lowest BCUT2D eigenvalue weighted by Crippen LogP contribution is -2.59. The summed E-state index contributed by atoms with van der Waals surface area (Å²) in [6, 6.07) is 11.3. The number of benzene rings is 1. The Morgan fingerprint density at radius 2 is 1.90 bits per heavy atom. The fourth-order valence-corrected chi connectivity index (χ4v) is 4.57. The van der Waals surface area contributed by atoms with Gasteiger partial charge in [0.05, 0.1) is 10.8 Å². The number of hydrogen-bond acceptors (Lipinski definition) is 2. The van der Waals surface area contributed by atoms with Crippen LogP contribution in [0, 0.1) is 5.92 Å². The molecule has 0 aromatic heterocycles. The molecule has 3 heteroatoms. The first-order chi connectivity index (χ1) is 10.1. The van der Waals surface area contributed by atoms with Gasteiger partial charge in [0.25, 0.3) is 0 Å². The molecule has 2 fully saturated rings. The van der Waals surface area contributed by atoms with E-state index in [4.69, 9.17) is 0 Å². The van der Waals surface area contributed by atoms with Crippen molar-refractivity contribution in [2.24, 2.45) is 5.92 Å². The van der Waals surface area contributed by atoms with Crippen LogP contribution in [0.15, 0.2) is 30.3 Å². The lowest BCUT2D eigenvalue weighted by atomic mass is 9.77. The van der Waals surface area contributed by atoms with Crippen molar-refractivity contribution in [2.45, 2.75) is 56.4 Å². The number of carbonyl (C=O) groups excluding carboxylic acids is 1. The summed E-state index contributed by atoms with van der Waals surface area (Å²) in [5, 5.41) is 0. The maximum absolute atomic E-state index is 13.1. The summed E-state index contributed by atoms with van der Waals surface area (Å²) < 4.78 is -0.236.